The fourth-order valence-corrected chi connectivity index (χ4v) is 3.65. The van der Waals surface area contributed by atoms with E-state index in [1.54, 1.807) is 24.4 Å². The minimum Gasteiger partial charge on any atom is -0.378 e. The number of ether oxygens (including phenoxy) is 1. The number of hydrogen-bond acceptors (Lipinski definition) is 5. The molecule has 1 aromatic carbocycles. The number of rotatable bonds is 4. The molecular weight excluding hydrogens is 326 g/mol. The summed E-state index contributed by atoms with van der Waals surface area (Å²) in [6, 6.07) is 8.65. The van der Waals surface area contributed by atoms with Crippen molar-refractivity contribution in [2.24, 2.45) is 0 Å². The Morgan fingerprint density at radius 3 is 2.46 bits per heavy atom. The van der Waals surface area contributed by atoms with Crippen LogP contribution in [0, 0.1) is 13.8 Å². The molecule has 1 fully saturated rings. The van der Waals surface area contributed by atoms with Crippen molar-refractivity contribution < 1.29 is 13.2 Å². The highest BCUT2D eigenvalue weighted by Gasteiger charge is 2.16. The molecule has 0 spiro atoms. The van der Waals surface area contributed by atoms with E-state index in [1.807, 2.05) is 26.0 Å². The molecule has 2 heterocycles. The zero-order chi connectivity index (χ0) is 17.2. The van der Waals surface area contributed by atoms with Gasteiger partial charge in [0.2, 0.25) is 0 Å². The van der Waals surface area contributed by atoms with Crippen molar-refractivity contribution in [1.29, 1.82) is 0 Å². The molecule has 0 unspecified atom stereocenters. The molecule has 2 aromatic rings. The minimum absolute atomic E-state index is 0.253. The average Bonchev–Trinajstić information content (AvgIpc) is 2.58. The smallest absolute Gasteiger partial charge is 0.261 e. The highest BCUT2D eigenvalue weighted by molar-refractivity contribution is 7.92. The summed E-state index contributed by atoms with van der Waals surface area (Å²) in [5.74, 6) is 0.826. The Morgan fingerprint density at radius 2 is 1.83 bits per heavy atom. The highest BCUT2D eigenvalue weighted by atomic mass is 32.2. The topological polar surface area (TPSA) is 71.5 Å². The Morgan fingerprint density at radius 1 is 1.08 bits per heavy atom. The second-order valence-electron chi connectivity index (χ2n) is 5.86. The molecule has 0 amide bonds. The van der Waals surface area contributed by atoms with E-state index in [0.29, 0.717) is 18.9 Å². The SMILES string of the molecule is Cc1ccc(S(=O)(=O)Nc2ccc(N3CCOCC3)nc2)cc1C. The monoisotopic (exact) mass is 347 g/mol. The van der Waals surface area contributed by atoms with E-state index in [9.17, 15) is 8.42 Å². The van der Waals surface area contributed by atoms with Crippen molar-refractivity contribution in [3.63, 3.8) is 0 Å². The van der Waals surface area contributed by atoms with E-state index in [1.165, 1.54) is 0 Å². The Bertz CT molecular complexity index is 813. The first kappa shape index (κ1) is 16.7. The fraction of sp³-hybridized carbons (Fsp3) is 0.353. The lowest BCUT2D eigenvalue weighted by Crippen LogP contribution is -2.36. The third-order valence-corrected chi connectivity index (χ3v) is 5.50. The van der Waals surface area contributed by atoms with Crippen molar-refractivity contribution >= 4 is 21.5 Å². The van der Waals surface area contributed by atoms with Crippen molar-refractivity contribution in [1.82, 2.24) is 4.98 Å². The first-order valence-corrected chi connectivity index (χ1v) is 9.33. The number of nitrogens with zero attached hydrogens (tertiary/aromatic N) is 2. The van der Waals surface area contributed by atoms with Gasteiger partial charge in [0.1, 0.15) is 5.82 Å². The number of morpholine rings is 1. The summed E-state index contributed by atoms with van der Waals surface area (Å²) < 4.78 is 32.9. The fourth-order valence-electron chi connectivity index (χ4n) is 2.52. The number of nitrogens with one attached hydrogen (secondary N) is 1. The normalized spacial score (nSPS) is 15.3. The summed E-state index contributed by atoms with van der Waals surface area (Å²) in [7, 11) is -3.61. The lowest BCUT2D eigenvalue weighted by atomic mass is 10.1. The van der Waals surface area contributed by atoms with E-state index in [0.717, 1.165) is 30.0 Å². The van der Waals surface area contributed by atoms with Gasteiger partial charge in [-0.1, -0.05) is 6.07 Å². The van der Waals surface area contributed by atoms with Gasteiger partial charge in [-0.3, -0.25) is 4.72 Å². The molecule has 0 bridgehead atoms. The third kappa shape index (κ3) is 3.68. The molecular formula is C17H21N3O3S. The Balaban J connectivity index is 1.76. The van der Waals surface area contributed by atoms with Crippen LogP contribution in [0.5, 0.6) is 0 Å². The molecule has 1 N–H and O–H groups in total. The molecule has 0 atom stereocenters. The van der Waals surface area contributed by atoms with E-state index in [4.69, 9.17) is 4.74 Å². The number of sulfonamides is 1. The zero-order valence-corrected chi connectivity index (χ0v) is 14.6. The standard InChI is InChI=1S/C17H21N3O3S/c1-13-3-5-16(11-14(13)2)24(21,22)19-15-4-6-17(18-12-15)20-7-9-23-10-8-20/h3-6,11-12,19H,7-10H2,1-2H3. The number of benzene rings is 1. The largest absolute Gasteiger partial charge is 0.378 e. The van der Waals surface area contributed by atoms with E-state index < -0.39 is 10.0 Å². The number of hydrogen-bond donors (Lipinski definition) is 1. The van der Waals surface area contributed by atoms with Gasteiger partial charge in [-0.05, 0) is 49.2 Å². The Kier molecular flexibility index (Phi) is 4.73. The molecule has 1 aromatic heterocycles. The van der Waals surface area contributed by atoms with Crippen LogP contribution in [0.15, 0.2) is 41.4 Å². The maximum atomic E-state index is 12.5. The van der Waals surface area contributed by atoms with E-state index in [-0.39, 0.29) is 4.90 Å². The third-order valence-electron chi connectivity index (χ3n) is 4.12. The summed E-state index contributed by atoms with van der Waals surface area (Å²) in [6.45, 7) is 6.80. The number of aryl methyl sites for hydroxylation is 2. The summed E-state index contributed by atoms with van der Waals surface area (Å²) in [6.07, 6.45) is 1.55. The Hall–Kier alpha value is -2.12. The molecule has 0 saturated carbocycles. The summed E-state index contributed by atoms with van der Waals surface area (Å²) >= 11 is 0. The van der Waals surface area contributed by atoms with Crippen molar-refractivity contribution in [2.45, 2.75) is 18.7 Å². The van der Waals surface area contributed by atoms with Gasteiger partial charge < -0.3 is 9.64 Å². The molecule has 1 aliphatic heterocycles. The van der Waals surface area contributed by atoms with Crippen LogP contribution in [0.2, 0.25) is 0 Å². The molecule has 0 aliphatic carbocycles. The zero-order valence-electron chi connectivity index (χ0n) is 13.8. The van der Waals surface area contributed by atoms with Gasteiger partial charge in [0.15, 0.2) is 0 Å². The van der Waals surface area contributed by atoms with Gasteiger partial charge in [0.25, 0.3) is 10.0 Å². The van der Waals surface area contributed by atoms with Gasteiger partial charge in [-0.25, -0.2) is 13.4 Å². The number of aromatic nitrogens is 1. The van der Waals surface area contributed by atoms with Crippen molar-refractivity contribution in [3.8, 4) is 0 Å². The quantitative estimate of drug-likeness (QED) is 0.919. The molecule has 0 radical (unpaired) electrons. The van der Waals surface area contributed by atoms with Crippen molar-refractivity contribution in [2.75, 3.05) is 35.9 Å². The predicted molar refractivity (Wildman–Crippen MR) is 94.0 cm³/mol. The molecule has 3 rings (SSSR count). The lowest BCUT2D eigenvalue weighted by Gasteiger charge is -2.27. The van der Waals surface area contributed by atoms with Gasteiger partial charge in [-0.2, -0.15) is 0 Å². The molecule has 6 nitrogen and oxygen atoms in total. The van der Waals surface area contributed by atoms with Crippen LogP contribution < -0.4 is 9.62 Å². The van der Waals surface area contributed by atoms with Crippen LogP contribution >= 0.6 is 0 Å². The van der Waals surface area contributed by atoms with Gasteiger partial charge in [0.05, 0.1) is 30.0 Å². The molecule has 1 saturated heterocycles. The predicted octanol–water partition coefficient (Wildman–Crippen LogP) is 2.34. The maximum Gasteiger partial charge on any atom is 0.261 e. The number of anilines is 2. The first-order valence-electron chi connectivity index (χ1n) is 7.84. The van der Waals surface area contributed by atoms with Crippen LogP contribution in [0.25, 0.3) is 0 Å². The maximum absolute atomic E-state index is 12.5. The second-order valence-corrected chi connectivity index (χ2v) is 7.54. The first-order chi connectivity index (χ1) is 11.5. The lowest BCUT2D eigenvalue weighted by molar-refractivity contribution is 0.122. The molecule has 24 heavy (non-hydrogen) atoms. The summed E-state index contributed by atoms with van der Waals surface area (Å²) in [4.78, 5) is 6.72. The van der Waals surface area contributed by atoms with Gasteiger partial charge >= 0.3 is 0 Å². The average molecular weight is 347 g/mol. The van der Waals surface area contributed by atoms with Crippen LogP contribution in [0.3, 0.4) is 0 Å². The van der Waals surface area contributed by atoms with Crippen molar-refractivity contribution in [3.05, 3.63) is 47.7 Å². The molecule has 7 heteroatoms. The summed E-state index contributed by atoms with van der Waals surface area (Å²) in [5, 5.41) is 0. The van der Waals surface area contributed by atoms with Crippen LogP contribution in [0.1, 0.15) is 11.1 Å². The van der Waals surface area contributed by atoms with Crippen LogP contribution in [0.4, 0.5) is 11.5 Å². The van der Waals surface area contributed by atoms with E-state index >= 15 is 0 Å². The van der Waals surface area contributed by atoms with Gasteiger partial charge in [-0.15, -0.1) is 0 Å². The van der Waals surface area contributed by atoms with Crippen LogP contribution in [-0.2, 0) is 14.8 Å². The van der Waals surface area contributed by atoms with E-state index in [2.05, 4.69) is 14.6 Å². The molecule has 128 valence electrons. The molecule has 1 aliphatic rings. The number of pyridine rings is 1. The minimum atomic E-state index is -3.61. The second kappa shape index (κ2) is 6.78. The Labute approximate surface area is 142 Å². The van der Waals surface area contributed by atoms with Gasteiger partial charge in [0, 0.05) is 13.1 Å². The van der Waals surface area contributed by atoms with Crippen LogP contribution in [-0.4, -0.2) is 39.7 Å². The summed E-state index contributed by atoms with van der Waals surface area (Å²) in [5.41, 5.74) is 2.45. The highest BCUT2D eigenvalue weighted by Crippen LogP contribution is 2.20.